The molecule has 5 rings (SSSR count). The first kappa shape index (κ1) is 17.9. The van der Waals surface area contributed by atoms with Gasteiger partial charge in [-0.15, -0.1) is 12.4 Å². The molecule has 0 aliphatic carbocycles. The van der Waals surface area contributed by atoms with E-state index in [1.807, 2.05) is 42.3 Å². The average Bonchev–Trinajstić information content (AvgIpc) is 3.17. The highest BCUT2D eigenvalue weighted by Crippen LogP contribution is 2.33. The lowest BCUT2D eigenvalue weighted by Gasteiger charge is -2.08. The third-order valence-corrected chi connectivity index (χ3v) is 5.13. The molecule has 0 saturated heterocycles. The summed E-state index contributed by atoms with van der Waals surface area (Å²) in [5.74, 6) is 1.67. The molecule has 27 heavy (non-hydrogen) atoms. The zero-order chi connectivity index (χ0) is 17.7. The van der Waals surface area contributed by atoms with Gasteiger partial charge in [0.25, 0.3) is 0 Å². The zero-order valence-corrected chi connectivity index (χ0v) is 16.9. The van der Waals surface area contributed by atoms with Gasteiger partial charge in [-0.05, 0) is 36.8 Å². The molecule has 0 spiro atoms. The molecule has 8 heteroatoms. The van der Waals surface area contributed by atoms with Gasteiger partial charge in [0, 0.05) is 28.9 Å². The molecule has 1 aromatic carbocycles. The summed E-state index contributed by atoms with van der Waals surface area (Å²) in [5, 5.41) is 4.78. The molecule has 0 amide bonds. The Labute approximate surface area is 170 Å². The average molecular weight is 444 g/mol. The lowest BCUT2D eigenvalue weighted by molar-refractivity contribution is 0.664. The second kappa shape index (κ2) is 6.90. The maximum absolute atomic E-state index is 4.85. The molecule has 4 heterocycles. The Balaban J connectivity index is 0.00000180. The van der Waals surface area contributed by atoms with Crippen LogP contribution in [-0.4, -0.2) is 29.3 Å². The van der Waals surface area contributed by atoms with Crippen LogP contribution in [0.3, 0.4) is 0 Å². The number of aryl methyl sites for hydroxylation is 1. The minimum atomic E-state index is 0. The van der Waals surface area contributed by atoms with Gasteiger partial charge in [-0.1, -0.05) is 22.0 Å². The highest BCUT2D eigenvalue weighted by atomic mass is 79.9. The van der Waals surface area contributed by atoms with Crippen molar-refractivity contribution >= 4 is 28.3 Å². The van der Waals surface area contributed by atoms with Crippen LogP contribution in [0.25, 0.3) is 17.1 Å². The maximum atomic E-state index is 4.85. The van der Waals surface area contributed by atoms with E-state index in [-0.39, 0.29) is 12.4 Å². The number of fused-ring (bicyclic) bond motifs is 5. The highest BCUT2D eigenvalue weighted by molar-refractivity contribution is 9.10. The number of aromatic nitrogens is 6. The van der Waals surface area contributed by atoms with Crippen LogP contribution in [0.4, 0.5) is 0 Å². The fourth-order valence-corrected chi connectivity index (χ4v) is 3.72. The van der Waals surface area contributed by atoms with Crippen LogP contribution < -0.4 is 0 Å². The van der Waals surface area contributed by atoms with Crippen LogP contribution in [0.5, 0.6) is 0 Å². The minimum Gasteiger partial charge on any atom is -0.300 e. The van der Waals surface area contributed by atoms with Crippen LogP contribution in [0.2, 0.25) is 0 Å². The van der Waals surface area contributed by atoms with E-state index in [0.717, 1.165) is 44.3 Å². The summed E-state index contributed by atoms with van der Waals surface area (Å²) in [7, 11) is 0. The summed E-state index contributed by atoms with van der Waals surface area (Å²) in [6.07, 6.45) is 6.17. The highest BCUT2D eigenvalue weighted by Gasteiger charge is 2.24. The summed E-state index contributed by atoms with van der Waals surface area (Å²) in [6, 6.07) is 10.2. The Hall–Kier alpha value is -2.51. The molecule has 0 fully saturated rings. The topological polar surface area (TPSA) is 61.4 Å². The molecule has 0 saturated carbocycles. The first-order valence-electron chi connectivity index (χ1n) is 8.35. The van der Waals surface area contributed by atoms with Gasteiger partial charge in [0.15, 0.2) is 11.6 Å². The van der Waals surface area contributed by atoms with E-state index in [2.05, 4.69) is 42.6 Å². The number of imidazole rings is 1. The second-order valence-electron chi connectivity index (χ2n) is 6.36. The van der Waals surface area contributed by atoms with Crippen molar-refractivity contribution in [2.24, 2.45) is 0 Å². The molecule has 3 aromatic heterocycles. The van der Waals surface area contributed by atoms with Crippen LogP contribution in [-0.2, 0) is 13.0 Å². The maximum Gasteiger partial charge on any atom is 0.160 e. The molecule has 0 N–H and O–H groups in total. The Morgan fingerprint density at radius 2 is 2.11 bits per heavy atom. The summed E-state index contributed by atoms with van der Waals surface area (Å²) in [4.78, 5) is 13.5. The summed E-state index contributed by atoms with van der Waals surface area (Å²) >= 11 is 3.58. The molecule has 1 aliphatic rings. The minimum absolute atomic E-state index is 0. The van der Waals surface area contributed by atoms with Crippen molar-refractivity contribution in [2.75, 3.05) is 0 Å². The van der Waals surface area contributed by atoms with Gasteiger partial charge >= 0.3 is 0 Å². The summed E-state index contributed by atoms with van der Waals surface area (Å²) in [5.41, 5.74) is 5.36. The molecule has 4 aromatic rings. The fraction of sp³-hybridized carbons (Fsp3) is 0.158. The van der Waals surface area contributed by atoms with Gasteiger partial charge in [0.2, 0.25) is 0 Å². The van der Waals surface area contributed by atoms with Crippen LogP contribution in [0.15, 0.2) is 53.5 Å². The Morgan fingerprint density at radius 1 is 1.22 bits per heavy atom. The smallest absolute Gasteiger partial charge is 0.160 e. The van der Waals surface area contributed by atoms with Gasteiger partial charge in [0.05, 0.1) is 29.9 Å². The van der Waals surface area contributed by atoms with Gasteiger partial charge in [-0.3, -0.25) is 4.98 Å². The lowest BCUT2D eigenvalue weighted by Crippen LogP contribution is -2.06. The van der Waals surface area contributed by atoms with Crippen molar-refractivity contribution in [2.45, 2.75) is 19.9 Å². The molecule has 0 unspecified atom stereocenters. The van der Waals surface area contributed by atoms with E-state index < -0.39 is 0 Å². The van der Waals surface area contributed by atoms with E-state index in [1.165, 1.54) is 0 Å². The summed E-state index contributed by atoms with van der Waals surface area (Å²) in [6.45, 7) is 2.68. The van der Waals surface area contributed by atoms with Gasteiger partial charge in [0.1, 0.15) is 0 Å². The van der Waals surface area contributed by atoms with E-state index in [1.54, 1.807) is 6.20 Å². The standard InChI is InChI=1S/C19H15BrN6.ClH/c1-12-17-10-26-19(23-18(24-26)7-13-3-2-6-21-9-13)15-8-14(20)4-5-16(15)25(17)11-22-12;/h2-6,8-9,11H,7,10H2,1H3;1H. The third kappa shape index (κ3) is 3.07. The second-order valence-corrected chi connectivity index (χ2v) is 7.27. The number of hydrogen-bond acceptors (Lipinski definition) is 4. The molecule has 0 radical (unpaired) electrons. The van der Waals surface area contributed by atoms with E-state index in [0.29, 0.717) is 13.0 Å². The van der Waals surface area contributed by atoms with Crippen molar-refractivity contribution < 1.29 is 0 Å². The monoisotopic (exact) mass is 442 g/mol. The summed E-state index contributed by atoms with van der Waals surface area (Å²) < 4.78 is 5.12. The quantitative estimate of drug-likeness (QED) is 0.414. The van der Waals surface area contributed by atoms with E-state index in [9.17, 15) is 0 Å². The van der Waals surface area contributed by atoms with Crippen LogP contribution in [0.1, 0.15) is 22.8 Å². The first-order chi connectivity index (χ1) is 12.7. The van der Waals surface area contributed by atoms with E-state index in [4.69, 9.17) is 10.1 Å². The molecule has 136 valence electrons. The fourth-order valence-electron chi connectivity index (χ4n) is 3.36. The van der Waals surface area contributed by atoms with Crippen molar-refractivity contribution in [3.8, 4) is 17.1 Å². The zero-order valence-electron chi connectivity index (χ0n) is 14.5. The Morgan fingerprint density at radius 3 is 2.93 bits per heavy atom. The third-order valence-electron chi connectivity index (χ3n) is 4.63. The Bertz CT molecular complexity index is 1120. The predicted molar refractivity (Wildman–Crippen MR) is 108 cm³/mol. The number of benzene rings is 1. The van der Waals surface area contributed by atoms with Crippen molar-refractivity contribution in [1.29, 1.82) is 0 Å². The number of pyridine rings is 1. The molecular formula is C19H16BrClN6. The van der Waals surface area contributed by atoms with Gasteiger partial charge in [-0.2, -0.15) is 5.10 Å². The molecule has 1 aliphatic heterocycles. The molecule has 6 nitrogen and oxygen atoms in total. The van der Waals surface area contributed by atoms with Gasteiger partial charge < -0.3 is 4.57 Å². The van der Waals surface area contributed by atoms with Crippen LogP contribution in [0, 0.1) is 6.92 Å². The molecule has 0 bridgehead atoms. The molecular weight excluding hydrogens is 428 g/mol. The largest absolute Gasteiger partial charge is 0.300 e. The first-order valence-corrected chi connectivity index (χ1v) is 9.14. The molecule has 0 atom stereocenters. The van der Waals surface area contributed by atoms with Crippen molar-refractivity contribution in [3.63, 3.8) is 0 Å². The predicted octanol–water partition coefficient (Wildman–Crippen LogP) is 3.97. The van der Waals surface area contributed by atoms with E-state index >= 15 is 0 Å². The lowest BCUT2D eigenvalue weighted by atomic mass is 10.1. The number of halogens is 2. The number of nitrogens with zero attached hydrogens (tertiary/aromatic N) is 6. The normalized spacial score (nSPS) is 11.8. The van der Waals surface area contributed by atoms with Crippen molar-refractivity contribution in [3.05, 3.63) is 76.3 Å². The number of hydrogen-bond donors (Lipinski definition) is 0. The van der Waals surface area contributed by atoms with Crippen molar-refractivity contribution in [1.82, 2.24) is 29.3 Å². The SMILES string of the molecule is Cc1ncn2c1Cn1nc(Cc3cccnc3)nc1-c1cc(Br)ccc1-2.Cl. The van der Waals surface area contributed by atoms with Crippen LogP contribution >= 0.6 is 28.3 Å². The Kier molecular flexibility index (Phi) is 4.57. The number of rotatable bonds is 2. The van der Waals surface area contributed by atoms with Gasteiger partial charge in [-0.25, -0.2) is 14.6 Å².